The molecule has 76 valence electrons. The number of carbonyl (C=O) groups is 1. The van der Waals surface area contributed by atoms with E-state index in [4.69, 9.17) is 6.42 Å². The molecule has 3 nitrogen and oxygen atoms in total. The van der Waals surface area contributed by atoms with Crippen molar-refractivity contribution in [3.05, 3.63) is 0 Å². The molecule has 0 aliphatic carbocycles. The third-order valence-electron chi connectivity index (χ3n) is 3.23. The van der Waals surface area contributed by atoms with Gasteiger partial charge in [0.05, 0.1) is 0 Å². The van der Waals surface area contributed by atoms with Crippen LogP contribution in [0.25, 0.3) is 0 Å². The zero-order valence-corrected chi connectivity index (χ0v) is 8.33. The molecule has 0 spiro atoms. The van der Waals surface area contributed by atoms with Gasteiger partial charge in [-0.25, -0.2) is 0 Å². The van der Waals surface area contributed by atoms with Crippen molar-refractivity contribution in [2.45, 2.75) is 12.8 Å². The number of nitrogens with zero attached hydrogens (tertiary/aromatic N) is 1. The van der Waals surface area contributed by atoms with Crippen molar-refractivity contribution in [3.8, 4) is 12.3 Å². The minimum atomic E-state index is 0.234. The molecule has 0 aromatic carbocycles. The quantitative estimate of drug-likeness (QED) is 0.628. The predicted molar refractivity (Wildman–Crippen MR) is 54.5 cm³/mol. The average molecular weight is 192 g/mol. The first-order chi connectivity index (χ1) is 6.81. The molecule has 0 unspecified atom stereocenters. The van der Waals surface area contributed by atoms with Gasteiger partial charge >= 0.3 is 0 Å². The third-order valence-corrected chi connectivity index (χ3v) is 3.23. The Bertz CT molecular complexity index is 257. The number of fused-ring (bicyclic) bond motifs is 1. The second-order valence-corrected chi connectivity index (χ2v) is 4.18. The number of terminal acetylenes is 1. The summed E-state index contributed by atoms with van der Waals surface area (Å²) in [5, 5.41) is 3.36. The van der Waals surface area contributed by atoms with Gasteiger partial charge in [0.2, 0.25) is 5.91 Å². The molecule has 2 aliphatic heterocycles. The maximum atomic E-state index is 11.6. The van der Waals surface area contributed by atoms with Crippen LogP contribution in [-0.2, 0) is 4.79 Å². The lowest BCUT2D eigenvalue weighted by Gasteiger charge is -2.16. The van der Waals surface area contributed by atoms with Crippen LogP contribution in [0.5, 0.6) is 0 Å². The molecule has 2 saturated heterocycles. The fourth-order valence-corrected chi connectivity index (χ4v) is 2.40. The number of amides is 1. The molecule has 2 rings (SSSR count). The molecular formula is C11H16N2O. The highest BCUT2D eigenvalue weighted by Gasteiger charge is 2.37. The van der Waals surface area contributed by atoms with Crippen molar-refractivity contribution in [1.82, 2.24) is 10.2 Å². The Labute approximate surface area is 84.8 Å². The molecule has 2 heterocycles. The van der Waals surface area contributed by atoms with Crippen molar-refractivity contribution in [3.63, 3.8) is 0 Å². The molecule has 1 N–H and O–H groups in total. The van der Waals surface area contributed by atoms with Gasteiger partial charge in [-0.3, -0.25) is 4.79 Å². The second-order valence-electron chi connectivity index (χ2n) is 4.18. The van der Waals surface area contributed by atoms with Crippen molar-refractivity contribution in [2.75, 3.05) is 26.2 Å². The highest BCUT2D eigenvalue weighted by molar-refractivity contribution is 5.76. The van der Waals surface area contributed by atoms with Gasteiger partial charge in [0.1, 0.15) is 0 Å². The fraction of sp³-hybridized carbons (Fsp3) is 0.727. The molecule has 2 atom stereocenters. The summed E-state index contributed by atoms with van der Waals surface area (Å²) in [5.41, 5.74) is 0. The van der Waals surface area contributed by atoms with E-state index in [1.807, 2.05) is 4.90 Å². The monoisotopic (exact) mass is 192 g/mol. The Morgan fingerprint density at radius 2 is 2.07 bits per heavy atom. The van der Waals surface area contributed by atoms with Crippen LogP contribution >= 0.6 is 0 Å². The number of nitrogens with one attached hydrogen (secondary N) is 1. The first-order valence-electron chi connectivity index (χ1n) is 5.23. The normalized spacial score (nSPS) is 30.1. The van der Waals surface area contributed by atoms with Gasteiger partial charge in [-0.05, 0) is 11.8 Å². The van der Waals surface area contributed by atoms with E-state index in [0.29, 0.717) is 24.7 Å². The molecule has 0 aromatic rings. The molecule has 0 aromatic heterocycles. The number of carbonyl (C=O) groups excluding carboxylic acids is 1. The van der Waals surface area contributed by atoms with Gasteiger partial charge in [0.25, 0.3) is 0 Å². The summed E-state index contributed by atoms with van der Waals surface area (Å²) in [7, 11) is 0. The highest BCUT2D eigenvalue weighted by atomic mass is 16.2. The van der Waals surface area contributed by atoms with Gasteiger partial charge in [-0.2, -0.15) is 0 Å². The highest BCUT2D eigenvalue weighted by Crippen LogP contribution is 2.26. The smallest absolute Gasteiger partial charge is 0.223 e. The van der Waals surface area contributed by atoms with Gasteiger partial charge in [0.15, 0.2) is 0 Å². The van der Waals surface area contributed by atoms with Gasteiger partial charge in [-0.1, -0.05) is 0 Å². The van der Waals surface area contributed by atoms with E-state index in [1.54, 1.807) is 0 Å². The number of likely N-dealkylation sites (tertiary alicyclic amines) is 1. The molecule has 3 heteroatoms. The molecule has 2 aliphatic rings. The lowest BCUT2D eigenvalue weighted by molar-refractivity contribution is -0.130. The summed E-state index contributed by atoms with van der Waals surface area (Å²) in [6.07, 6.45) is 6.23. The topological polar surface area (TPSA) is 32.3 Å². The van der Waals surface area contributed by atoms with Crippen LogP contribution in [0.2, 0.25) is 0 Å². The molecule has 2 fully saturated rings. The lowest BCUT2D eigenvalue weighted by atomic mass is 10.0. The zero-order chi connectivity index (χ0) is 9.97. The third kappa shape index (κ3) is 1.76. The maximum absolute atomic E-state index is 11.6. The van der Waals surface area contributed by atoms with Crippen LogP contribution < -0.4 is 5.32 Å². The first-order valence-corrected chi connectivity index (χ1v) is 5.23. The summed E-state index contributed by atoms with van der Waals surface area (Å²) in [5.74, 6) is 4.12. The molecule has 0 saturated carbocycles. The van der Waals surface area contributed by atoms with Gasteiger partial charge in [-0.15, -0.1) is 12.3 Å². The van der Waals surface area contributed by atoms with Gasteiger partial charge in [0, 0.05) is 39.0 Å². The van der Waals surface area contributed by atoms with E-state index in [2.05, 4.69) is 11.2 Å². The summed E-state index contributed by atoms with van der Waals surface area (Å²) < 4.78 is 0. The lowest BCUT2D eigenvalue weighted by Crippen LogP contribution is -2.31. The summed E-state index contributed by atoms with van der Waals surface area (Å²) in [6, 6.07) is 0. The summed E-state index contributed by atoms with van der Waals surface area (Å²) in [6.45, 7) is 4.01. The molecule has 1 amide bonds. The average Bonchev–Trinajstić information content (AvgIpc) is 2.72. The summed E-state index contributed by atoms with van der Waals surface area (Å²) in [4.78, 5) is 13.6. The van der Waals surface area contributed by atoms with E-state index in [9.17, 15) is 4.79 Å². The van der Waals surface area contributed by atoms with Crippen LogP contribution in [0.3, 0.4) is 0 Å². The molecule has 0 bridgehead atoms. The SMILES string of the molecule is C#CCCC(=O)N1C[C@H]2CNC[C@H]2C1. The molecular weight excluding hydrogens is 176 g/mol. The van der Waals surface area contributed by atoms with Crippen LogP contribution in [0.4, 0.5) is 0 Å². The van der Waals surface area contributed by atoms with Crippen LogP contribution in [0.15, 0.2) is 0 Å². The van der Waals surface area contributed by atoms with E-state index in [1.165, 1.54) is 0 Å². The van der Waals surface area contributed by atoms with E-state index >= 15 is 0 Å². The Morgan fingerprint density at radius 1 is 1.43 bits per heavy atom. The van der Waals surface area contributed by atoms with E-state index in [-0.39, 0.29) is 5.91 Å². The minimum absolute atomic E-state index is 0.234. The second kappa shape index (κ2) is 4.02. The number of rotatable bonds is 2. The van der Waals surface area contributed by atoms with E-state index < -0.39 is 0 Å². The molecule has 0 radical (unpaired) electrons. The van der Waals surface area contributed by atoms with E-state index in [0.717, 1.165) is 26.2 Å². The largest absolute Gasteiger partial charge is 0.342 e. The van der Waals surface area contributed by atoms with Gasteiger partial charge < -0.3 is 10.2 Å². The van der Waals surface area contributed by atoms with Crippen LogP contribution in [-0.4, -0.2) is 37.0 Å². The molecule has 14 heavy (non-hydrogen) atoms. The van der Waals surface area contributed by atoms with Crippen molar-refractivity contribution >= 4 is 5.91 Å². The number of hydrogen-bond acceptors (Lipinski definition) is 2. The number of hydrogen-bond donors (Lipinski definition) is 1. The summed E-state index contributed by atoms with van der Waals surface area (Å²) >= 11 is 0. The van der Waals surface area contributed by atoms with Crippen molar-refractivity contribution in [1.29, 1.82) is 0 Å². The Kier molecular flexibility index (Phi) is 2.74. The predicted octanol–water partition coefficient (Wildman–Crippen LogP) is 0.0776. The van der Waals surface area contributed by atoms with Crippen LogP contribution in [0, 0.1) is 24.2 Å². The fourth-order valence-electron chi connectivity index (χ4n) is 2.40. The minimum Gasteiger partial charge on any atom is -0.342 e. The Morgan fingerprint density at radius 3 is 2.64 bits per heavy atom. The Balaban J connectivity index is 1.84. The maximum Gasteiger partial charge on any atom is 0.223 e. The van der Waals surface area contributed by atoms with Crippen LogP contribution in [0.1, 0.15) is 12.8 Å². The zero-order valence-electron chi connectivity index (χ0n) is 8.33. The Hall–Kier alpha value is -1.01. The first kappa shape index (κ1) is 9.54. The van der Waals surface area contributed by atoms with Crippen molar-refractivity contribution in [2.24, 2.45) is 11.8 Å². The standard InChI is InChI=1S/C11H16N2O/c1-2-3-4-11(14)13-7-9-5-12-6-10(9)8-13/h1,9-10,12H,3-8H2/t9-,10+. The van der Waals surface area contributed by atoms with Crippen molar-refractivity contribution < 1.29 is 4.79 Å².